The molecule has 0 heterocycles. The van der Waals surface area contributed by atoms with Crippen molar-refractivity contribution >= 4 is 5.69 Å². The van der Waals surface area contributed by atoms with Crippen LogP contribution < -0.4 is 15.0 Å². The predicted molar refractivity (Wildman–Crippen MR) is 116 cm³/mol. The van der Waals surface area contributed by atoms with Gasteiger partial charge in [0, 0.05) is 31.8 Å². The van der Waals surface area contributed by atoms with Gasteiger partial charge in [0.25, 0.3) is 0 Å². The Balaban J connectivity index is 1.85. The third-order valence-corrected chi connectivity index (χ3v) is 5.00. The van der Waals surface area contributed by atoms with Crippen molar-refractivity contribution < 1.29 is 10.1 Å². The van der Waals surface area contributed by atoms with Gasteiger partial charge < -0.3 is 15.0 Å². The average Bonchev–Trinajstić information content (AvgIpc) is 2.62. The lowest BCUT2D eigenvalue weighted by Gasteiger charge is -2.21. The van der Waals surface area contributed by atoms with Crippen LogP contribution >= 0.6 is 0 Å². The topological polar surface area (TPSA) is 29.1 Å². The lowest BCUT2D eigenvalue weighted by molar-refractivity contribution is -0.671. The molecule has 2 aromatic carbocycles. The largest absolute Gasteiger partial charge is 0.491 e. The molecular weight excluding hydrogens is 332 g/mol. The second-order valence-corrected chi connectivity index (χ2v) is 8.22. The Bertz CT molecular complexity index is 660. The van der Waals surface area contributed by atoms with E-state index in [1.807, 2.05) is 0 Å². The van der Waals surface area contributed by atoms with Crippen LogP contribution in [0.2, 0.25) is 0 Å². The van der Waals surface area contributed by atoms with Crippen molar-refractivity contribution in [2.24, 2.45) is 5.92 Å². The zero-order valence-electron chi connectivity index (χ0n) is 17.9. The normalized spacial score (nSPS) is 12.4. The molecule has 0 unspecified atom stereocenters. The molecule has 0 fully saturated rings. The van der Waals surface area contributed by atoms with E-state index in [1.54, 1.807) is 0 Å². The van der Waals surface area contributed by atoms with Crippen LogP contribution in [0.1, 0.15) is 51.2 Å². The highest BCUT2D eigenvalue weighted by Gasteiger charge is 2.16. The Hall–Kier alpha value is -2.00. The van der Waals surface area contributed by atoms with Gasteiger partial charge in [0.15, 0.2) is 0 Å². The fourth-order valence-corrected chi connectivity index (χ4v) is 3.45. The van der Waals surface area contributed by atoms with E-state index in [9.17, 15) is 0 Å². The number of nitrogens with zero attached hydrogens (tertiary/aromatic N) is 1. The molecule has 1 atom stereocenters. The summed E-state index contributed by atoms with van der Waals surface area (Å²) < 4.78 is 5.77. The van der Waals surface area contributed by atoms with E-state index in [4.69, 9.17) is 4.74 Å². The Morgan fingerprint density at radius 1 is 0.889 bits per heavy atom. The number of quaternary nitrogens is 1. The van der Waals surface area contributed by atoms with Gasteiger partial charge in [0.05, 0.1) is 12.6 Å². The van der Waals surface area contributed by atoms with E-state index in [2.05, 4.69) is 101 Å². The fourth-order valence-electron chi connectivity index (χ4n) is 3.45. The van der Waals surface area contributed by atoms with Gasteiger partial charge in [-0.05, 0) is 55.5 Å². The number of ether oxygens (including phenoxy) is 1. The second kappa shape index (κ2) is 10.4. The molecule has 2 N–H and O–H groups in total. The molecule has 0 aromatic heterocycles. The monoisotopic (exact) mass is 369 g/mol. The van der Waals surface area contributed by atoms with E-state index in [1.165, 1.54) is 23.2 Å². The van der Waals surface area contributed by atoms with E-state index < -0.39 is 0 Å². The third-order valence-electron chi connectivity index (χ3n) is 5.00. The Morgan fingerprint density at radius 3 is 2.04 bits per heavy atom. The minimum atomic E-state index is 0.220. The summed E-state index contributed by atoms with van der Waals surface area (Å²) in [6.07, 6.45) is 1.41. The zero-order chi connectivity index (χ0) is 19.8. The van der Waals surface area contributed by atoms with Crippen LogP contribution in [0.5, 0.6) is 5.75 Å². The molecule has 0 aliphatic carbocycles. The summed E-state index contributed by atoms with van der Waals surface area (Å²) in [5.41, 5.74) is 4.06. The Morgan fingerprint density at radius 2 is 1.52 bits per heavy atom. The SMILES string of the molecule is CC(C)Oc1ccc([C@@H](CC[NH2+]Cc2ccc(N(C)C)cc2)C(C)C)cc1. The van der Waals surface area contributed by atoms with Gasteiger partial charge in [-0.25, -0.2) is 0 Å². The van der Waals surface area contributed by atoms with Crippen LogP contribution in [0, 0.1) is 5.92 Å². The average molecular weight is 370 g/mol. The van der Waals surface area contributed by atoms with Crippen molar-refractivity contribution in [2.75, 3.05) is 25.5 Å². The molecule has 2 aromatic rings. The van der Waals surface area contributed by atoms with Crippen molar-refractivity contribution in [3.8, 4) is 5.75 Å². The van der Waals surface area contributed by atoms with E-state index >= 15 is 0 Å². The molecule has 148 valence electrons. The summed E-state index contributed by atoms with van der Waals surface area (Å²) in [5, 5.41) is 2.43. The van der Waals surface area contributed by atoms with Crippen molar-refractivity contribution in [1.82, 2.24) is 0 Å². The van der Waals surface area contributed by atoms with Crippen LogP contribution in [0.3, 0.4) is 0 Å². The van der Waals surface area contributed by atoms with Gasteiger partial charge >= 0.3 is 0 Å². The van der Waals surface area contributed by atoms with Crippen LogP contribution in [-0.2, 0) is 6.54 Å². The molecule has 0 spiro atoms. The molecule has 3 nitrogen and oxygen atoms in total. The van der Waals surface area contributed by atoms with Crippen molar-refractivity contribution in [3.63, 3.8) is 0 Å². The van der Waals surface area contributed by atoms with E-state index in [0.29, 0.717) is 11.8 Å². The van der Waals surface area contributed by atoms with Crippen molar-refractivity contribution in [2.45, 2.75) is 52.7 Å². The highest BCUT2D eigenvalue weighted by molar-refractivity contribution is 5.45. The molecule has 0 aliphatic rings. The van der Waals surface area contributed by atoms with Crippen molar-refractivity contribution in [3.05, 3.63) is 59.7 Å². The standard InChI is InChI=1S/C24H36N2O/c1-18(2)24(21-9-13-23(14-10-21)27-19(3)4)15-16-25-17-20-7-11-22(12-8-20)26(5)6/h7-14,18-19,24-25H,15-17H2,1-6H3/p+1/t24-/m0/s1. The fraction of sp³-hybridized carbons (Fsp3) is 0.500. The first-order valence-electron chi connectivity index (χ1n) is 10.2. The quantitative estimate of drug-likeness (QED) is 0.628. The maximum absolute atomic E-state index is 5.77. The van der Waals surface area contributed by atoms with Crippen LogP contribution in [0.4, 0.5) is 5.69 Å². The molecule has 2 rings (SSSR count). The molecule has 0 saturated carbocycles. The second-order valence-electron chi connectivity index (χ2n) is 8.22. The van der Waals surface area contributed by atoms with E-state index in [0.717, 1.165) is 18.8 Å². The molecule has 0 aliphatic heterocycles. The summed E-state index contributed by atoms with van der Waals surface area (Å²) in [6.45, 7) is 11.0. The highest BCUT2D eigenvalue weighted by Crippen LogP contribution is 2.28. The van der Waals surface area contributed by atoms with Gasteiger partial charge in [-0.15, -0.1) is 0 Å². The molecule has 0 radical (unpaired) electrons. The van der Waals surface area contributed by atoms with Gasteiger partial charge in [-0.1, -0.05) is 38.1 Å². The van der Waals surface area contributed by atoms with Crippen LogP contribution in [0.25, 0.3) is 0 Å². The first-order valence-corrected chi connectivity index (χ1v) is 10.2. The summed E-state index contributed by atoms with van der Waals surface area (Å²) >= 11 is 0. The maximum atomic E-state index is 5.77. The summed E-state index contributed by atoms with van der Waals surface area (Å²) in [4.78, 5) is 2.14. The third kappa shape index (κ3) is 6.91. The lowest BCUT2D eigenvalue weighted by atomic mass is 9.86. The number of anilines is 1. The number of rotatable bonds is 10. The molecular formula is C24H37N2O+. The van der Waals surface area contributed by atoms with Crippen LogP contribution in [0.15, 0.2) is 48.5 Å². The lowest BCUT2D eigenvalue weighted by Crippen LogP contribution is -2.82. The van der Waals surface area contributed by atoms with Crippen molar-refractivity contribution in [1.29, 1.82) is 0 Å². The molecule has 0 saturated heterocycles. The summed E-state index contributed by atoms with van der Waals surface area (Å²) in [6, 6.07) is 17.6. The number of hydrogen-bond acceptors (Lipinski definition) is 2. The Kier molecular flexibility index (Phi) is 8.18. The minimum Gasteiger partial charge on any atom is -0.491 e. The molecule has 3 heteroatoms. The summed E-state index contributed by atoms with van der Waals surface area (Å²) in [7, 11) is 4.16. The first-order chi connectivity index (χ1) is 12.9. The predicted octanol–water partition coefficient (Wildman–Crippen LogP) is 4.43. The van der Waals surface area contributed by atoms with Gasteiger partial charge in [0.2, 0.25) is 0 Å². The number of benzene rings is 2. The minimum absolute atomic E-state index is 0.220. The van der Waals surface area contributed by atoms with Gasteiger partial charge in [-0.3, -0.25) is 0 Å². The maximum Gasteiger partial charge on any atom is 0.119 e. The Labute approximate surface area is 165 Å². The van der Waals surface area contributed by atoms with Gasteiger partial charge in [0.1, 0.15) is 12.3 Å². The van der Waals surface area contributed by atoms with E-state index in [-0.39, 0.29) is 6.10 Å². The van der Waals surface area contributed by atoms with Gasteiger partial charge in [-0.2, -0.15) is 0 Å². The highest BCUT2D eigenvalue weighted by atomic mass is 16.5. The summed E-state index contributed by atoms with van der Waals surface area (Å²) in [5.74, 6) is 2.18. The molecule has 0 amide bonds. The van der Waals surface area contributed by atoms with Crippen LogP contribution in [-0.4, -0.2) is 26.7 Å². The molecule has 0 bridgehead atoms. The zero-order valence-corrected chi connectivity index (χ0v) is 17.9. The first kappa shape index (κ1) is 21.3. The molecule has 27 heavy (non-hydrogen) atoms. The smallest absolute Gasteiger partial charge is 0.119 e. The number of nitrogens with two attached hydrogens (primary N) is 1. The number of hydrogen-bond donors (Lipinski definition) is 1.